The van der Waals surface area contributed by atoms with Crippen molar-refractivity contribution in [3.63, 3.8) is 0 Å². The van der Waals surface area contributed by atoms with Crippen LogP contribution >= 0.6 is 80.7 Å². The van der Waals surface area contributed by atoms with Crippen molar-refractivity contribution in [2.45, 2.75) is 0 Å². The molecule has 0 aromatic rings. The molecule has 0 aliphatic heterocycles. The first kappa shape index (κ1) is 10.7. The van der Waals surface area contributed by atoms with Crippen molar-refractivity contribution in [1.29, 1.82) is 0 Å². The highest BCUT2D eigenvalue weighted by Crippen LogP contribution is 2.53. The van der Waals surface area contributed by atoms with E-state index < -0.39 is 0 Å². The second kappa shape index (κ2) is 9.68. The molecule has 0 aliphatic rings. The summed E-state index contributed by atoms with van der Waals surface area (Å²) in [6, 6.07) is 0. The lowest BCUT2D eigenvalue weighted by molar-refractivity contribution is 5.26. The molecular weight excluding hydrogens is 263 g/mol. The van der Waals surface area contributed by atoms with Crippen molar-refractivity contribution < 1.29 is 0 Å². The zero-order valence-corrected chi connectivity index (χ0v) is 9.62. The van der Waals surface area contributed by atoms with Crippen LogP contribution in [0.15, 0.2) is 0 Å². The standard InChI is InChI=1S/Cl2S6/c1-3-5-7-8-6-4-2. The molecule has 0 amide bonds. The summed E-state index contributed by atoms with van der Waals surface area (Å²) in [5, 5.41) is 0. The van der Waals surface area contributed by atoms with Crippen LogP contribution < -0.4 is 0 Å². The highest BCUT2D eigenvalue weighted by Gasteiger charge is 1.89. The van der Waals surface area contributed by atoms with Gasteiger partial charge in [-0.1, -0.05) is 0 Å². The van der Waals surface area contributed by atoms with Gasteiger partial charge in [-0.2, -0.15) is 0 Å². The molecule has 8 heavy (non-hydrogen) atoms. The Morgan fingerprint density at radius 2 is 1.00 bits per heavy atom. The third-order valence-electron chi connectivity index (χ3n) is 0.135. The van der Waals surface area contributed by atoms with Gasteiger partial charge in [0.25, 0.3) is 0 Å². The van der Waals surface area contributed by atoms with Gasteiger partial charge in [-0.25, -0.2) is 0 Å². The van der Waals surface area contributed by atoms with Crippen molar-refractivity contribution in [2.75, 3.05) is 0 Å². The summed E-state index contributed by atoms with van der Waals surface area (Å²) in [7, 11) is 19.2. The van der Waals surface area contributed by atoms with E-state index in [-0.39, 0.29) is 0 Å². The summed E-state index contributed by atoms with van der Waals surface area (Å²) in [6.45, 7) is 0. The van der Waals surface area contributed by atoms with Crippen molar-refractivity contribution in [2.24, 2.45) is 0 Å². The second-order valence-corrected chi connectivity index (χ2v) is 10.8. The SMILES string of the molecule is ClSSSSSSCl. The van der Waals surface area contributed by atoms with Gasteiger partial charge in [0.1, 0.15) is 0 Å². The smallest absolute Gasteiger partial charge is 0.0261 e. The fourth-order valence-electron chi connectivity index (χ4n) is 0.0437. The van der Waals surface area contributed by atoms with Crippen molar-refractivity contribution in [1.82, 2.24) is 0 Å². The monoisotopic (exact) mass is 262 g/mol. The van der Waals surface area contributed by atoms with Crippen LogP contribution in [0.4, 0.5) is 0 Å². The second-order valence-electron chi connectivity index (χ2n) is 0.398. The Kier molecular flexibility index (Phi) is 12.9. The Morgan fingerprint density at radius 1 is 0.625 bits per heavy atom. The highest BCUT2D eigenvalue weighted by atomic mass is 35.8. The van der Waals surface area contributed by atoms with Gasteiger partial charge in [-0.15, -0.1) is 0 Å². The molecule has 0 rings (SSSR count). The first-order valence-electron chi connectivity index (χ1n) is 1.14. The molecule has 0 N–H and O–H groups in total. The molecule has 0 bridgehead atoms. The van der Waals surface area contributed by atoms with Crippen LogP contribution in [-0.2, 0) is 0 Å². The topological polar surface area (TPSA) is 0 Å². The van der Waals surface area contributed by atoms with Crippen LogP contribution in [0.3, 0.4) is 0 Å². The maximum Gasteiger partial charge on any atom is 0.0261 e. The summed E-state index contributed by atoms with van der Waals surface area (Å²) in [4.78, 5) is 0. The maximum absolute atomic E-state index is 5.28. The molecule has 8 heteroatoms. The third kappa shape index (κ3) is 8.68. The lowest BCUT2D eigenvalue weighted by atomic mass is 30.2. The number of halogens is 2. The molecule has 0 nitrogen and oxygen atoms in total. The van der Waals surface area contributed by atoms with Gasteiger partial charge in [0.2, 0.25) is 0 Å². The van der Waals surface area contributed by atoms with E-state index in [1.165, 1.54) is 39.7 Å². The predicted molar refractivity (Wildman–Crippen MR) is 57.3 cm³/mol. The molecule has 0 aromatic carbocycles. The van der Waals surface area contributed by atoms with E-state index in [1.807, 2.05) is 0 Å². The lowest BCUT2D eigenvalue weighted by Gasteiger charge is -1.87. The molecule has 0 atom stereocenters. The normalized spacial score (nSPS) is 9.75. The first-order valence-corrected chi connectivity index (χ1v) is 10.3. The summed E-state index contributed by atoms with van der Waals surface area (Å²) in [5.74, 6) is 0. The average molecular weight is 263 g/mol. The Labute approximate surface area is 79.7 Å². The van der Waals surface area contributed by atoms with Gasteiger partial charge in [0.15, 0.2) is 0 Å². The minimum atomic E-state index is 1.22. The van der Waals surface area contributed by atoms with Gasteiger partial charge >= 0.3 is 0 Å². The molecule has 0 saturated heterocycles. The van der Waals surface area contributed by atoms with E-state index >= 15 is 0 Å². The summed E-state index contributed by atoms with van der Waals surface area (Å²) >= 11 is 0. The van der Waals surface area contributed by atoms with Crippen molar-refractivity contribution in [3.05, 3.63) is 0 Å². The minimum absolute atomic E-state index is 1.22. The molecule has 50 valence electrons. The fourth-order valence-corrected chi connectivity index (χ4v) is 10.6. The van der Waals surface area contributed by atoms with E-state index in [0.29, 0.717) is 0 Å². The van der Waals surface area contributed by atoms with Crippen LogP contribution in [-0.4, -0.2) is 0 Å². The summed E-state index contributed by atoms with van der Waals surface area (Å²) in [6.07, 6.45) is 0. The highest BCUT2D eigenvalue weighted by molar-refractivity contribution is 9.43. The zero-order valence-electron chi connectivity index (χ0n) is 3.21. The molecule has 0 radical (unpaired) electrons. The van der Waals surface area contributed by atoms with Gasteiger partial charge in [0, 0.05) is 59.3 Å². The Balaban J connectivity index is 2.53. The Morgan fingerprint density at radius 3 is 1.25 bits per heavy atom. The molecule has 0 aliphatic carbocycles. The molecule has 0 saturated carbocycles. The molecular formula is Cl2S6. The molecule has 0 unspecified atom stereocenters. The molecule has 0 fully saturated rings. The van der Waals surface area contributed by atoms with Crippen LogP contribution in [0.1, 0.15) is 0 Å². The van der Waals surface area contributed by atoms with Gasteiger partial charge in [0.05, 0.1) is 0 Å². The van der Waals surface area contributed by atoms with E-state index in [2.05, 4.69) is 0 Å². The van der Waals surface area contributed by atoms with E-state index in [0.717, 1.165) is 0 Å². The molecule has 0 aromatic heterocycles. The fraction of sp³-hybridized carbons (Fsp3) is 0. The van der Waals surface area contributed by atoms with Gasteiger partial charge < -0.3 is 0 Å². The first-order chi connectivity index (χ1) is 3.91. The van der Waals surface area contributed by atoms with Crippen LogP contribution in [0, 0.1) is 0 Å². The molecule has 0 heterocycles. The average Bonchev–Trinajstić information content (AvgIpc) is 1.81. The number of rotatable bonds is 5. The van der Waals surface area contributed by atoms with Crippen LogP contribution in [0.2, 0.25) is 0 Å². The van der Waals surface area contributed by atoms with Gasteiger partial charge in [-0.3, -0.25) is 0 Å². The third-order valence-corrected chi connectivity index (χ3v) is 10.9. The quantitative estimate of drug-likeness (QED) is 0.486. The summed E-state index contributed by atoms with van der Waals surface area (Å²) < 4.78 is 0. The number of hydrogen-bond acceptors (Lipinski definition) is 6. The van der Waals surface area contributed by atoms with E-state index in [1.54, 1.807) is 19.7 Å². The van der Waals surface area contributed by atoms with Gasteiger partial charge in [-0.05, 0) is 21.4 Å². The van der Waals surface area contributed by atoms with Crippen LogP contribution in [0.5, 0.6) is 0 Å². The Hall–Kier alpha value is 2.68. The predicted octanol–water partition coefficient (Wildman–Crippen LogP) is 5.27. The Bertz CT molecular complexity index is 31.5. The molecule has 0 spiro atoms. The zero-order chi connectivity index (χ0) is 6.24. The number of hydrogen-bond donors (Lipinski definition) is 0. The van der Waals surface area contributed by atoms with Crippen molar-refractivity contribution in [3.8, 4) is 0 Å². The summed E-state index contributed by atoms with van der Waals surface area (Å²) in [5.41, 5.74) is 0. The van der Waals surface area contributed by atoms with E-state index in [9.17, 15) is 0 Å². The van der Waals surface area contributed by atoms with Crippen molar-refractivity contribution >= 4 is 80.7 Å². The minimum Gasteiger partial charge on any atom is -0.0309 e. The van der Waals surface area contributed by atoms with Crippen LogP contribution in [0.25, 0.3) is 0 Å². The van der Waals surface area contributed by atoms with E-state index in [4.69, 9.17) is 21.4 Å². The largest absolute Gasteiger partial charge is 0.0309 e. The maximum atomic E-state index is 5.28. The lowest BCUT2D eigenvalue weighted by Crippen LogP contribution is -1.23.